The zero-order chi connectivity index (χ0) is 16.3. The van der Waals surface area contributed by atoms with Gasteiger partial charge in [0.1, 0.15) is 0 Å². The molecule has 0 bridgehead atoms. The highest BCUT2D eigenvalue weighted by atomic mass is 127. The second-order valence-electron chi connectivity index (χ2n) is 6.53. The Hall–Kier alpha value is -1.05. The van der Waals surface area contributed by atoms with Crippen molar-refractivity contribution in [2.75, 3.05) is 11.9 Å². The second kappa shape index (κ2) is 5.75. The van der Waals surface area contributed by atoms with Crippen LogP contribution in [-0.4, -0.2) is 11.6 Å². The summed E-state index contributed by atoms with van der Waals surface area (Å²) >= 11 is 5.98. The fourth-order valence-corrected chi connectivity index (χ4v) is 5.00. The molecule has 2 aliphatic heterocycles. The van der Waals surface area contributed by atoms with E-state index in [9.17, 15) is 0 Å². The van der Waals surface area contributed by atoms with Crippen molar-refractivity contribution in [2.45, 2.75) is 18.6 Å². The van der Waals surface area contributed by atoms with E-state index < -0.39 is 0 Å². The predicted octanol–water partition coefficient (Wildman–Crippen LogP) is 5.78. The van der Waals surface area contributed by atoms with Crippen LogP contribution in [-0.2, 0) is 4.74 Å². The van der Waals surface area contributed by atoms with Crippen LogP contribution in [0.1, 0.15) is 29.7 Å². The lowest BCUT2D eigenvalue weighted by molar-refractivity contribution is 0.0830. The first kappa shape index (κ1) is 15.2. The molecular formula is C19H16BrIN2O. The van der Waals surface area contributed by atoms with Crippen molar-refractivity contribution in [1.82, 2.24) is 4.98 Å². The predicted molar refractivity (Wildman–Crippen MR) is 108 cm³/mol. The van der Waals surface area contributed by atoms with Crippen LogP contribution in [0.4, 0.5) is 5.69 Å². The van der Waals surface area contributed by atoms with Crippen molar-refractivity contribution < 1.29 is 4.74 Å². The summed E-state index contributed by atoms with van der Waals surface area (Å²) in [6, 6.07) is 13.3. The first-order valence-corrected chi connectivity index (χ1v) is 10.0. The second-order valence-corrected chi connectivity index (χ2v) is 8.69. The minimum atomic E-state index is 0.193. The molecule has 3 heterocycles. The van der Waals surface area contributed by atoms with E-state index in [2.05, 4.69) is 91.4 Å². The maximum Gasteiger partial charge on any atom is 0.0897 e. The number of benzene rings is 2. The third kappa shape index (κ3) is 2.32. The third-order valence-electron chi connectivity index (χ3n) is 5.21. The van der Waals surface area contributed by atoms with E-state index in [0.717, 1.165) is 17.5 Å². The van der Waals surface area contributed by atoms with E-state index in [1.54, 1.807) is 0 Å². The van der Waals surface area contributed by atoms with Crippen LogP contribution < -0.4 is 5.32 Å². The molecule has 0 spiro atoms. The van der Waals surface area contributed by atoms with Gasteiger partial charge >= 0.3 is 0 Å². The van der Waals surface area contributed by atoms with Gasteiger partial charge in [-0.05, 0) is 65.4 Å². The van der Waals surface area contributed by atoms with Gasteiger partial charge in [0.05, 0.1) is 12.1 Å². The average Bonchev–Trinajstić information content (AvgIpc) is 3.21. The Morgan fingerprint density at radius 3 is 2.96 bits per heavy atom. The Bertz CT molecular complexity index is 938. The molecule has 122 valence electrons. The number of aromatic amines is 1. The molecular weight excluding hydrogens is 479 g/mol. The summed E-state index contributed by atoms with van der Waals surface area (Å²) in [5.41, 5.74) is 5.02. The topological polar surface area (TPSA) is 37.0 Å². The van der Waals surface area contributed by atoms with Crippen molar-refractivity contribution in [3.05, 3.63) is 61.8 Å². The molecule has 24 heavy (non-hydrogen) atoms. The number of hydrogen-bond acceptors (Lipinski definition) is 2. The molecule has 0 amide bonds. The Morgan fingerprint density at radius 1 is 1.12 bits per heavy atom. The van der Waals surface area contributed by atoms with E-state index in [-0.39, 0.29) is 12.1 Å². The van der Waals surface area contributed by atoms with Crippen molar-refractivity contribution >= 4 is 55.1 Å². The number of halogens is 2. The zero-order valence-corrected chi connectivity index (χ0v) is 16.6. The zero-order valence-electron chi connectivity index (χ0n) is 12.9. The lowest BCUT2D eigenvalue weighted by Crippen LogP contribution is -2.29. The molecule has 3 atom stereocenters. The molecule has 5 heteroatoms. The van der Waals surface area contributed by atoms with Crippen LogP contribution in [0.15, 0.2) is 47.1 Å². The summed E-state index contributed by atoms with van der Waals surface area (Å²) in [4.78, 5) is 3.42. The number of H-pyrrole nitrogens is 1. The Morgan fingerprint density at radius 2 is 2.04 bits per heavy atom. The smallest absolute Gasteiger partial charge is 0.0897 e. The van der Waals surface area contributed by atoms with Crippen molar-refractivity contribution in [3.63, 3.8) is 0 Å². The number of anilines is 1. The van der Waals surface area contributed by atoms with Crippen molar-refractivity contribution in [3.8, 4) is 0 Å². The monoisotopic (exact) mass is 494 g/mol. The summed E-state index contributed by atoms with van der Waals surface area (Å²) in [5, 5.41) is 5.07. The molecule has 1 fully saturated rings. The molecule has 2 aromatic carbocycles. The number of nitrogens with one attached hydrogen (secondary N) is 2. The Balaban J connectivity index is 1.65. The largest absolute Gasteiger partial charge is 0.377 e. The van der Waals surface area contributed by atoms with Crippen LogP contribution >= 0.6 is 38.5 Å². The van der Waals surface area contributed by atoms with Gasteiger partial charge in [0.25, 0.3) is 0 Å². The maximum atomic E-state index is 6.14. The lowest BCUT2D eigenvalue weighted by atomic mass is 9.81. The summed E-state index contributed by atoms with van der Waals surface area (Å²) < 4.78 is 8.51. The van der Waals surface area contributed by atoms with Gasteiger partial charge in [0, 0.05) is 54.5 Å². The van der Waals surface area contributed by atoms with Crippen LogP contribution in [0.3, 0.4) is 0 Å². The molecule has 1 saturated heterocycles. The fourth-order valence-electron chi connectivity index (χ4n) is 4.12. The first-order chi connectivity index (χ1) is 11.7. The maximum absolute atomic E-state index is 6.14. The standard InChI is InChI=1S/C19H16BrIN2O/c20-10-1-3-16-13(7-10)15(9-22-16)18-12-5-6-24-19(12)14-8-11(21)2-4-17(14)23-18/h1-4,7-9,12,18-19,22-23H,5-6H2/t12-,18-,19-/m0/s1. The van der Waals surface area contributed by atoms with Gasteiger partial charge in [0.2, 0.25) is 0 Å². The molecule has 0 aliphatic carbocycles. The van der Waals surface area contributed by atoms with Gasteiger partial charge in [-0.1, -0.05) is 15.9 Å². The van der Waals surface area contributed by atoms with E-state index in [1.165, 1.54) is 31.3 Å². The molecule has 2 N–H and O–H groups in total. The van der Waals surface area contributed by atoms with Crippen LogP contribution in [0, 0.1) is 9.49 Å². The molecule has 3 nitrogen and oxygen atoms in total. The van der Waals surface area contributed by atoms with Gasteiger partial charge in [0.15, 0.2) is 0 Å². The number of aromatic nitrogens is 1. The first-order valence-electron chi connectivity index (χ1n) is 8.15. The number of fused-ring (bicyclic) bond motifs is 4. The number of rotatable bonds is 1. The number of ether oxygens (including phenoxy) is 1. The third-order valence-corrected chi connectivity index (χ3v) is 6.37. The molecule has 3 aromatic rings. The van der Waals surface area contributed by atoms with Gasteiger partial charge in [-0.15, -0.1) is 0 Å². The summed E-state index contributed by atoms with van der Waals surface area (Å²) in [6.07, 6.45) is 3.44. The van der Waals surface area contributed by atoms with Crippen LogP contribution in [0.5, 0.6) is 0 Å². The minimum Gasteiger partial charge on any atom is -0.377 e. The SMILES string of the molecule is Brc1ccc2[nH]cc([C@H]3Nc4ccc(I)cc4[C@H]4OCC[C@@H]34)c2c1. The average molecular weight is 495 g/mol. The quantitative estimate of drug-likeness (QED) is 0.421. The molecule has 2 aliphatic rings. The van der Waals surface area contributed by atoms with Gasteiger partial charge in [-0.3, -0.25) is 0 Å². The molecule has 5 rings (SSSR count). The summed E-state index contributed by atoms with van der Waals surface area (Å²) in [6.45, 7) is 0.838. The van der Waals surface area contributed by atoms with Crippen LogP contribution in [0.25, 0.3) is 10.9 Å². The molecule has 0 saturated carbocycles. The van der Waals surface area contributed by atoms with Gasteiger partial charge < -0.3 is 15.0 Å². The minimum absolute atomic E-state index is 0.193. The molecule has 1 aromatic heterocycles. The Kier molecular flexibility index (Phi) is 3.64. The highest BCUT2D eigenvalue weighted by molar-refractivity contribution is 14.1. The van der Waals surface area contributed by atoms with Crippen molar-refractivity contribution in [1.29, 1.82) is 0 Å². The normalized spacial score (nSPS) is 25.3. The summed E-state index contributed by atoms with van der Waals surface area (Å²) in [7, 11) is 0. The van der Waals surface area contributed by atoms with E-state index in [0.29, 0.717) is 5.92 Å². The van der Waals surface area contributed by atoms with Crippen molar-refractivity contribution in [2.24, 2.45) is 5.92 Å². The fraction of sp³-hybridized carbons (Fsp3) is 0.263. The summed E-state index contributed by atoms with van der Waals surface area (Å²) in [5.74, 6) is 0.466. The lowest BCUT2D eigenvalue weighted by Gasteiger charge is -2.36. The highest BCUT2D eigenvalue weighted by Crippen LogP contribution is 2.51. The van der Waals surface area contributed by atoms with E-state index in [4.69, 9.17) is 4.74 Å². The van der Waals surface area contributed by atoms with Gasteiger partial charge in [-0.2, -0.15) is 0 Å². The van der Waals surface area contributed by atoms with E-state index in [1.807, 2.05) is 0 Å². The molecule has 0 unspecified atom stereocenters. The number of hydrogen-bond donors (Lipinski definition) is 2. The van der Waals surface area contributed by atoms with Gasteiger partial charge in [-0.25, -0.2) is 0 Å². The van der Waals surface area contributed by atoms with E-state index >= 15 is 0 Å². The highest BCUT2D eigenvalue weighted by Gasteiger charge is 2.42. The Labute approximate surface area is 162 Å². The van der Waals surface area contributed by atoms with Crippen LogP contribution in [0.2, 0.25) is 0 Å². The molecule has 0 radical (unpaired) electrons.